The maximum Gasteiger partial charge on any atom is 0.262 e. The SMILES string of the molecule is COc1ccc2ccc(OCC(=O)Nc3ccccc3SCC#N)cc2c1. The van der Waals surface area contributed by atoms with E-state index in [-0.39, 0.29) is 12.5 Å². The van der Waals surface area contributed by atoms with E-state index in [1.54, 1.807) is 13.2 Å². The molecule has 3 rings (SSSR count). The van der Waals surface area contributed by atoms with Crippen molar-refractivity contribution in [1.29, 1.82) is 5.26 Å². The van der Waals surface area contributed by atoms with Crippen molar-refractivity contribution in [3.63, 3.8) is 0 Å². The zero-order chi connectivity index (χ0) is 19.1. The number of hydrogen-bond acceptors (Lipinski definition) is 5. The van der Waals surface area contributed by atoms with Gasteiger partial charge < -0.3 is 14.8 Å². The summed E-state index contributed by atoms with van der Waals surface area (Å²) >= 11 is 1.38. The zero-order valence-corrected chi connectivity index (χ0v) is 15.6. The third-order valence-electron chi connectivity index (χ3n) is 3.84. The lowest BCUT2D eigenvalue weighted by atomic mass is 10.1. The average Bonchev–Trinajstić information content (AvgIpc) is 2.71. The van der Waals surface area contributed by atoms with E-state index in [2.05, 4.69) is 11.4 Å². The van der Waals surface area contributed by atoms with Gasteiger partial charge in [0.05, 0.1) is 24.6 Å². The van der Waals surface area contributed by atoms with Crippen LogP contribution in [0.4, 0.5) is 5.69 Å². The second kappa shape index (κ2) is 8.97. The van der Waals surface area contributed by atoms with Gasteiger partial charge in [-0.15, -0.1) is 11.8 Å². The lowest BCUT2D eigenvalue weighted by Gasteiger charge is -2.11. The van der Waals surface area contributed by atoms with E-state index in [9.17, 15) is 4.79 Å². The maximum atomic E-state index is 12.2. The molecule has 0 unspecified atom stereocenters. The summed E-state index contributed by atoms with van der Waals surface area (Å²) in [7, 11) is 1.62. The standard InChI is InChI=1S/C21H18N2O3S/c1-25-17-8-6-15-7-9-18(13-16(15)12-17)26-14-21(24)23-19-4-2-3-5-20(19)27-11-10-22/h2-9,12-13H,11,14H2,1H3,(H,23,24). The van der Waals surface area contributed by atoms with Crippen LogP contribution in [-0.2, 0) is 4.79 Å². The molecule has 1 amide bonds. The van der Waals surface area contributed by atoms with Gasteiger partial charge in [-0.1, -0.05) is 24.3 Å². The van der Waals surface area contributed by atoms with Crippen LogP contribution in [0.25, 0.3) is 10.8 Å². The number of nitrogens with zero attached hydrogens (tertiary/aromatic N) is 1. The number of benzene rings is 3. The highest BCUT2D eigenvalue weighted by Crippen LogP contribution is 2.27. The fourth-order valence-corrected chi connectivity index (χ4v) is 3.23. The first-order valence-electron chi connectivity index (χ1n) is 8.29. The van der Waals surface area contributed by atoms with Crippen molar-refractivity contribution in [1.82, 2.24) is 0 Å². The fourth-order valence-electron chi connectivity index (χ4n) is 2.56. The molecule has 0 fully saturated rings. The lowest BCUT2D eigenvalue weighted by Crippen LogP contribution is -2.20. The first-order valence-corrected chi connectivity index (χ1v) is 9.27. The quantitative estimate of drug-likeness (QED) is 0.614. The molecule has 6 heteroatoms. The van der Waals surface area contributed by atoms with E-state index < -0.39 is 0 Å². The van der Waals surface area contributed by atoms with Crippen molar-refractivity contribution < 1.29 is 14.3 Å². The molecule has 0 radical (unpaired) electrons. The lowest BCUT2D eigenvalue weighted by molar-refractivity contribution is -0.118. The third kappa shape index (κ3) is 4.93. The van der Waals surface area contributed by atoms with Gasteiger partial charge in [-0.3, -0.25) is 4.79 Å². The summed E-state index contributed by atoms with van der Waals surface area (Å²) < 4.78 is 10.9. The van der Waals surface area contributed by atoms with Crippen molar-refractivity contribution in [3.8, 4) is 17.6 Å². The van der Waals surface area contributed by atoms with Gasteiger partial charge in [-0.2, -0.15) is 5.26 Å². The number of ether oxygens (including phenoxy) is 2. The van der Waals surface area contributed by atoms with Crippen LogP contribution < -0.4 is 14.8 Å². The van der Waals surface area contributed by atoms with Crippen molar-refractivity contribution in [2.24, 2.45) is 0 Å². The molecule has 0 aromatic heterocycles. The fraction of sp³-hybridized carbons (Fsp3) is 0.143. The molecule has 0 saturated carbocycles. The van der Waals surface area contributed by atoms with Gasteiger partial charge in [-0.25, -0.2) is 0 Å². The van der Waals surface area contributed by atoms with Crippen LogP contribution in [-0.4, -0.2) is 25.4 Å². The highest BCUT2D eigenvalue weighted by atomic mass is 32.2. The molecule has 0 atom stereocenters. The summed E-state index contributed by atoms with van der Waals surface area (Å²) in [4.78, 5) is 13.1. The highest BCUT2D eigenvalue weighted by molar-refractivity contribution is 7.99. The van der Waals surface area contributed by atoms with Crippen LogP contribution in [0, 0.1) is 11.3 Å². The molecule has 5 nitrogen and oxygen atoms in total. The topological polar surface area (TPSA) is 71.3 Å². The molecule has 0 aliphatic rings. The van der Waals surface area contributed by atoms with Gasteiger partial charge in [-0.05, 0) is 47.2 Å². The Hall–Kier alpha value is -3.17. The molecular formula is C21H18N2O3S. The first kappa shape index (κ1) is 18.6. The van der Waals surface area contributed by atoms with E-state index in [0.29, 0.717) is 17.2 Å². The van der Waals surface area contributed by atoms with Gasteiger partial charge >= 0.3 is 0 Å². The molecule has 0 aliphatic carbocycles. The minimum atomic E-state index is -0.259. The predicted molar refractivity (Wildman–Crippen MR) is 107 cm³/mol. The molecule has 1 N–H and O–H groups in total. The molecule has 3 aromatic carbocycles. The Balaban J connectivity index is 1.64. The number of anilines is 1. The number of thioether (sulfide) groups is 1. The number of fused-ring (bicyclic) bond motifs is 1. The Morgan fingerprint density at radius 1 is 1.07 bits per heavy atom. The average molecular weight is 378 g/mol. The van der Waals surface area contributed by atoms with Crippen LogP contribution in [0.3, 0.4) is 0 Å². The van der Waals surface area contributed by atoms with Crippen molar-refractivity contribution >= 4 is 34.1 Å². The van der Waals surface area contributed by atoms with Gasteiger partial charge in [0, 0.05) is 4.90 Å². The number of carbonyl (C=O) groups is 1. The predicted octanol–water partition coefficient (Wildman–Crippen LogP) is 4.48. The summed E-state index contributed by atoms with van der Waals surface area (Å²) in [6.07, 6.45) is 0. The molecule has 136 valence electrons. The van der Waals surface area contributed by atoms with Gasteiger partial charge in [0.15, 0.2) is 6.61 Å². The molecule has 0 bridgehead atoms. The van der Waals surface area contributed by atoms with Crippen LogP contribution in [0.1, 0.15) is 0 Å². The molecule has 0 aliphatic heterocycles. The molecule has 0 spiro atoms. The van der Waals surface area contributed by atoms with E-state index in [1.807, 2.05) is 54.6 Å². The van der Waals surface area contributed by atoms with Gasteiger partial charge in [0.2, 0.25) is 0 Å². The Morgan fingerprint density at radius 3 is 2.59 bits per heavy atom. The van der Waals surface area contributed by atoms with E-state index >= 15 is 0 Å². The van der Waals surface area contributed by atoms with Crippen LogP contribution in [0.15, 0.2) is 65.6 Å². The molecule has 0 heterocycles. The minimum Gasteiger partial charge on any atom is -0.497 e. The molecular weight excluding hydrogens is 360 g/mol. The van der Waals surface area contributed by atoms with E-state index in [1.165, 1.54) is 11.8 Å². The number of nitrogens with one attached hydrogen (secondary N) is 1. The van der Waals surface area contributed by atoms with Crippen LogP contribution in [0.5, 0.6) is 11.5 Å². The monoisotopic (exact) mass is 378 g/mol. The van der Waals surface area contributed by atoms with Gasteiger partial charge in [0.25, 0.3) is 5.91 Å². The first-order chi connectivity index (χ1) is 13.2. The summed E-state index contributed by atoms with van der Waals surface area (Å²) in [6, 6.07) is 20.9. The van der Waals surface area contributed by atoms with Gasteiger partial charge in [0.1, 0.15) is 11.5 Å². The number of rotatable bonds is 7. The second-order valence-corrected chi connectivity index (χ2v) is 6.67. The Kier molecular flexibility index (Phi) is 6.18. The summed E-state index contributed by atoms with van der Waals surface area (Å²) in [5.41, 5.74) is 0.676. The Labute approximate surface area is 161 Å². The number of para-hydroxylation sites is 1. The van der Waals surface area contributed by atoms with Crippen molar-refractivity contribution in [2.75, 3.05) is 24.8 Å². The molecule has 3 aromatic rings. The number of hydrogen-bond donors (Lipinski definition) is 1. The van der Waals surface area contributed by atoms with Crippen LogP contribution >= 0.6 is 11.8 Å². The largest absolute Gasteiger partial charge is 0.497 e. The summed E-state index contributed by atoms with van der Waals surface area (Å²) in [6.45, 7) is -0.104. The van der Waals surface area contributed by atoms with E-state index in [0.717, 1.165) is 21.4 Å². The summed E-state index contributed by atoms with van der Waals surface area (Å²) in [5, 5.41) is 13.6. The molecule has 27 heavy (non-hydrogen) atoms. The number of carbonyl (C=O) groups excluding carboxylic acids is 1. The normalized spacial score (nSPS) is 10.2. The molecule has 0 saturated heterocycles. The summed E-state index contributed by atoms with van der Waals surface area (Å²) in [5.74, 6) is 1.44. The highest BCUT2D eigenvalue weighted by Gasteiger charge is 2.08. The zero-order valence-electron chi connectivity index (χ0n) is 14.8. The van der Waals surface area contributed by atoms with Crippen molar-refractivity contribution in [2.45, 2.75) is 4.90 Å². The number of nitriles is 1. The third-order valence-corrected chi connectivity index (χ3v) is 4.78. The Bertz CT molecular complexity index is 998. The van der Waals surface area contributed by atoms with E-state index in [4.69, 9.17) is 14.7 Å². The maximum absolute atomic E-state index is 12.2. The second-order valence-electron chi connectivity index (χ2n) is 5.65. The minimum absolute atomic E-state index is 0.104. The number of methoxy groups -OCH3 is 1. The van der Waals surface area contributed by atoms with Crippen LogP contribution in [0.2, 0.25) is 0 Å². The Morgan fingerprint density at radius 2 is 1.81 bits per heavy atom. The smallest absolute Gasteiger partial charge is 0.262 e. The number of amides is 1. The van der Waals surface area contributed by atoms with Crippen molar-refractivity contribution in [3.05, 3.63) is 60.7 Å².